The van der Waals surface area contributed by atoms with Crippen LogP contribution in [0, 0.1) is 25.2 Å². The number of hydrazone groups is 1. The highest BCUT2D eigenvalue weighted by Crippen LogP contribution is 2.27. The van der Waals surface area contributed by atoms with Crippen molar-refractivity contribution < 1.29 is 13.2 Å². The summed E-state index contributed by atoms with van der Waals surface area (Å²) in [6, 6.07) is 22.0. The van der Waals surface area contributed by atoms with E-state index in [1.165, 1.54) is 18.3 Å². The van der Waals surface area contributed by atoms with E-state index in [0.717, 1.165) is 15.4 Å². The standard InChI is InChI=1S/C24H22N4O3S/c1-18-8-13-23(19(2)14-18)28(32(30,31)22-6-4-3-5-7-22)17-24(29)27-26-16-21-11-9-20(15-25)10-12-21/h3-14,16H,17H2,1-2H3,(H,27,29). The molecule has 0 saturated heterocycles. The van der Waals surface area contributed by atoms with E-state index in [0.29, 0.717) is 16.8 Å². The number of rotatable bonds is 7. The number of hydrogen-bond acceptors (Lipinski definition) is 5. The van der Waals surface area contributed by atoms with Gasteiger partial charge in [0.15, 0.2) is 0 Å². The number of nitrogens with zero attached hydrogens (tertiary/aromatic N) is 3. The number of sulfonamides is 1. The zero-order chi connectivity index (χ0) is 23.1. The molecule has 0 heterocycles. The van der Waals surface area contributed by atoms with Gasteiger partial charge in [-0.3, -0.25) is 9.10 Å². The van der Waals surface area contributed by atoms with Gasteiger partial charge < -0.3 is 0 Å². The number of carbonyl (C=O) groups is 1. The molecule has 8 heteroatoms. The van der Waals surface area contributed by atoms with Gasteiger partial charge in [-0.1, -0.05) is 48.0 Å². The molecular formula is C24H22N4O3S. The Bertz CT molecular complexity index is 1280. The fraction of sp³-hybridized carbons (Fsp3) is 0.125. The van der Waals surface area contributed by atoms with Crippen molar-refractivity contribution in [3.8, 4) is 6.07 Å². The summed E-state index contributed by atoms with van der Waals surface area (Å²) in [5, 5.41) is 12.7. The highest BCUT2D eigenvalue weighted by Gasteiger charge is 2.28. The van der Waals surface area contributed by atoms with Crippen molar-refractivity contribution >= 4 is 27.8 Å². The van der Waals surface area contributed by atoms with E-state index in [4.69, 9.17) is 5.26 Å². The van der Waals surface area contributed by atoms with Crippen LogP contribution in [0.1, 0.15) is 22.3 Å². The van der Waals surface area contributed by atoms with Crippen LogP contribution in [-0.2, 0) is 14.8 Å². The maximum atomic E-state index is 13.3. The molecule has 3 aromatic rings. The van der Waals surface area contributed by atoms with Crippen LogP contribution in [0.2, 0.25) is 0 Å². The minimum Gasteiger partial charge on any atom is -0.271 e. The summed E-state index contributed by atoms with van der Waals surface area (Å²) in [5.41, 5.74) is 5.72. The lowest BCUT2D eigenvalue weighted by molar-refractivity contribution is -0.119. The van der Waals surface area contributed by atoms with Crippen molar-refractivity contribution in [3.63, 3.8) is 0 Å². The van der Waals surface area contributed by atoms with Gasteiger partial charge in [-0.2, -0.15) is 10.4 Å². The molecule has 0 bridgehead atoms. The Hall–Kier alpha value is -3.96. The molecule has 7 nitrogen and oxygen atoms in total. The summed E-state index contributed by atoms with van der Waals surface area (Å²) in [7, 11) is -3.98. The second kappa shape index (κ2) is 9.90. The van der Waals surface area contributed by atoms with Crippen LogP contribution in [0.3, 0.4) is 0 Å². The number of benzene rings is 3. The van der Waals surface area contributed by atoms with Crippen LogP contribution in [0.4, 0.5) is 5.69 Å². The Morgan fingerprint density at radius 2 is 1.75 bits per heavy atom. The lowest BCUT2D eigenvalue weighted by atomic mass is 10.1. The Morgan fingerprint density at radius 3 is 2.38 bits per heavy atom. The third-order valence-corrected chi connectivity index (χ3v) is 6.46. The molecule has 0 radical (unpaired) electrons. The first-order valence-corrected chi connectivity index (χ1v) is 11.2. The van der Waals surface area contributed by atoms with E-state index >= 15 is 0 Å². The third-order valence-electron chi connectivity index (χ3n) is 4.68. The molecule has 0 aromatic heterocycles. The molecular weight excluding hydrogens is 424 g/mol. The normalized spacial score (nSPS) is 11.2. The molecule has 0 aliphatic rings. The van der Waals surface area contributed by atoms with Crippen molar-refractivity contribution in [2.45, 2.75) is 18.7 Å². The lowest BCUT2D eigenvalue weighted by Gasteiger charge is -2.25. The molecule has 0 aliphatic heterocycles. The van der Waals surface area contributed by atoms with Crippen LogP contribution in [0.15, 0.2) is 82.8 Å². The van der Waals surface area contributed by atoms with Crippen molar-refractivity contribution in [2.24, 2.45) is 5.10 Å². The fourth-order valence-electron chi connectivity index (χ4n) is 3.09. The molecule has 32 heavy (non-hydrogen) atoms. The minimum atomic E-state index is -3.98. The molecule has 3 aromatic carbocycles. The quantitative estimate of drug-likeness (QED) is 0.443. The molecule has 0 spiro atoms. The van der Waals surface area contributed by atoms with E-state index < -0.39 is 22.5 Å². The molecule has 1 amide bonds. The Kier molecular flexibility index (Phi) is 7.03. The first-order chi connectivity index (χ1) is 15.3. The Balaban J connectivity index is 1.84. The number of nitriles is 1. The molecule has 1 N–H and O–H groups in total. The van der Waals surface area contributed by atoms with Gasteiger partial charge in [-0.15, -0.1) is 0 Å². The van der Waals surface area contributed by atoms with Gasteiger partial charge >= 0.3 is 0 Å². The SMILES string of the molecule is Cc1ccc(N(CC(=O)NN=Cc2ccc(C#N)cc2)S(=O)(=O)c2ccccc2)c(C)c1. The van der Waals surface area contributed by atoms with Crippen LogP contribution in [0.5, 0.6) is 0 Å². The number of amides is 1. The van der Waals surface area contributed by atoms with Gasteiger partial charge in [-0.25, -0.2) is 13.8 Å². The van der Waals surface area contributed by atoms with Crippen LogP contribution < -0.4 is 9.73 Å². The van der Waals surface area contributed by atoms with Crippen molar-refractivity contribution in [2.75, 3.05) is 10.8 Å². The molecule has 0 atom stereocenters. The van der Waals surface area contributed by atoms with Gasteiger partial charge in [0, 0.05) is 0 Å². The predicted molar refractivity (Wildman–Crippen MR) is 124 cm³/mol. The number of anilines is 1. The van der Waals surface area contributed by atoms with Crippen molar-refractivity contribution in [1.29, 1.82) is 5.26 Å². The zero-order valence-corrected chi connectivity index (χ0v) is 18.5. The smallest absolute Gasteiger partial charge is 0.264 e. The summed E-state index contributed by atoms with van der Waals surface area (Å²) < 4.78 is 27.8. The summed E-state index contributed by atoms with van der Waals surface area (Å²) >= 11 is 0. The van der Waals surface area contributed by atoms with Crippen molar-refractivity contribution in [3.05, 3.63) is 95.1 Å². The zero-order valence-electron chi connectivity index (χ0n) is 17.7. The maximum Gasteiger partial charge on any atom is 0.264 e. The first kappa shape index (κ1) is 22.7. The molecule has 0 aliphatic carbocycles. The highest BCUT2D eigenvalue weighted by atomic mass is 32.2. The fourth-order valence-corrected chi connectivity index (χ4v) is 4.60. The van der Waals surface area contributed by atoms with Gasteiger partial charge in [0.2, 0.25) is 0 Å². The first-order valence-electron chi connectivity index (χ1n) is 9.78. The van der Waals surface area contributed by atoms with Crippen molar-refractivity contribution in [1.82, 2.24) is 5.43 Å². The molecule has 0 saturated carbocycles. The molecule has 162 valence electrons. The second-order valence-electron chi connectivity index (χ2n) is 7.14. The topological polar surface area (TPSA) is 103 Å². The van der Waals surface area contributed by atoms with Gasteiger partial charge in [-0.05, 0) is 55.3 Å². The molecule has 3 rings (SSSR count). The lowest BCUT2D eigenvalue weighted by Crippen LogP contribution is -2.40. The van der Waals surface area contributed by atoms with Crippen LogP contribution >= 0.6 is 0 Å². The number of hydrogen-bond donors (Lipinski definition) is 1. The van der Waals surface area contributed by atoms with Gasteiger partial charge in [0.1, 0.15) is 6.54 Å². The summed E-state index contributed by atoms with van der Waals surface area (Å²) in [6.07, 6.45) is 1.42. The van der Waals surface area contributed by atoms with E-state index in [-0.39, 0.29) is 4.90 Å². The third kappa shape index (κ3) is 5.39. The Labute approximate surface area is 187 Å². The Morgan fingerprint density at radius 1 is 1.06 bits per heavy atom. The van der Waals surface area contributed by atoms with Crippen LogP contribution in [-0.4, -0.2) is 27.1 Å². The maximum absolute atomic E-state index is 13.3. The highest BCUT2D eigenvalue weighted by molar-refractivity contribution is 7.92. The van der Waals surface area contributed by atoms with Gasteiger partial charge in [0.25, 0.3) is 15.9 Å². The van der Waals surface area contributed by atoms with E-state index in [1.807, 2.05) is 19.1 Å². The van der Waals surface area contributed by atoms with Gasteiger partial charge in [0.05, 0.1) is 28.4 Å². The average Bonchev–Trinajstić information content (AvgIpc) is 2.79. The van der Waals surface area contributed by atoms with E-state index in [9.17, 15) is 13.2 Å². The monoisotopic (exact) mass is 446 g/mol. The second-order valence-corrected chi connectivity index (χ2v) is 9.00. The molecule has 0 fully saturated rings. The number of aryl methyl sites for hydroxylation is 2. The summed E-state index contributed by atoms with van der Waals surface area (Å²) in [5.74, 6) is -0.589. The van der Waals surface area contributed by atoms with E-state index in [2.05, 4.69) is 10.5 Å². The summed E-state index contributed by atoms with van der Waals surface area (Å²) in [6.45, 7) is 3.28. The number of carbonyl (C=O) groups excluding carboxylic acids is 1. The van der Waals surface area contributed by atoms with Crippen LogP contribution in [0.25, 0.3) is 0 Å². The van der Waals surface area contributed by atoms with E-state index in [1.54, 1.807) is 61.5 Å². The summed E-state index contributed by atoms with van der Waals surface area (Å²) in [4.78, 5) is 12.7. The predicted octanol–water partition coefficient (Wildman–Crippen LogP) is 3.52. The average molecular weight is 447 g/mol. The number of nitrogens with one attached hydrogen (secondary N) is 1. The largest absolute Gasteiger partial charge is 0.271 e. The molecule has 0 unspecified atom stereocenters. The minimum absolute atomic E-state index is 0.0915.